The summed E-state index contributed by atoms with van der Waals surface area (Å²) in [5.41, 5.74) is 2.59. The van der Waals surface area contributed by atoms with E-state index in [-0.39, 0.29) is 12.4 Å². The van der Waals surface area contributed by atoms with Gasteiger partial charge in [-0.15, -0.1) is 12.4 Å². The highest BCUT2D eigenvalue weighted by atomic mass is 35.5. The van der Waals surface area contributed by atoms with Gasteiger partial charge in [0.05, 0.1) is 19.0 Å². The standard InChI is InChI=1S/C23H25F2N5O.ClH/c1-17-18(16-27-30(17)23-22(31-2)6-3-7-26-23)5-4-8-28-9-11-29(12-10-28)21-14-19(24)13-20(25)15-21;/h3-7,13-16H,8-12H2,1-2H3;1H/b5-4+;. The molecule has 0 amide bonds. The van der Waals surface area contributed by atoms with Gasteiger partial charge in [0.2, 0.25) is 0 Å². The molecule has 6 nitrogen and oxygen atoms in total. The van der Waals surface area contributed by atoms with E-state index in [4.69, 9.17) is 4.74 Å². The average molecular weight is 462 g/mol. The minimum Gasteiger partial charge on any atom is -0.493 e. The number of piperazine rings is 1. The Hall–Kier alpha value is -2.97. The first kappa shape index (κ1) is 23.7. The zero-order valence-corrected chi connectivity index (χ0v) is 18.9. The van der Waals surface area contributed by atoms with Gasteiger partial charge in [-0.1, -0.05) is 12.2 Å². The van der Waals surface area contributed by atoms with E-state index in [0.717, 1.165) is 50.0 Å². The van der Waals surface area contributed by atoms with Crippen LogP contribution in [0.2, 0.25) is 0 Å². The Labute approximate surface area is 192 Å². The second kappa shape index (κ2) is 10.6. The predicted octanol–water partition coefficient (Wildman–Crippen LogP) is 4.12. The minimum absolute atomic E-state index is 0. The zero-order chi connectivity index (χ0) is 21.8. The normalized spacial score (nSPS) is 14.6. The first-order valence-electron chi connectivity index (χ1n) is 10.2. The van der Waals surface area contributed by atoms with E-state index in [0.29, 0.717) is 17.3 Å². The smallest absolute Gasteiger partial charge is 0.196 e. The van der Waals surface area contributed by atoms with Gasteiger partial charge >= 0.3 is 0 Å². The number of pyridine rings is 1. The largest absolute Gasteiger partial charge is 0.493 e. The lowest BCUT2D eigenvalue weighted by Gasteiger charge is -2.35. The molecule has 3 heterocycles. The highest BCUT2D eigenvalue weighted by Gasteiger charge is 2.17. The van der Waals surface area contributed by atoms with Crippen molar-refractivity contribution in [2.45, 2.75) is 6.92 Å². The SMILES string of the molecule is COc1cccnc1-n1ncc(/C=C/CN2CCN(c3cc(F)cc(F)c3)CC2)c1C.Cl. The molecule has 0 atom stereocenters. The summed E-state index contributed by atoms with van der Waals surface area (Å²) in [6.45, 7) is 5.90. The first-order chi connectivity index (χ1) is 15.0. The molecule has 0 unspecified atom stereocenters. The van der Waals surface area contributed by atoms with Crippen molar-refractivity contribution in [2.75, 3.05) is 44.7 Å². The van der Waals surface area contributed by atoms with E-state index in [1.54, 1.807) is 18.0 Å². The van der Waals surface area contributed by atoms with Crippen LogP contribution in [-0.4, -0.2) is 59.5 Å². The molecule has 0 bridgehead atoms. The quantitative estimate of drug-likeness (QED) is 0.552. The maximum Gasteiger partial charge on any atom is 0.196 e. The molecule has 1 aliphatic heterocycles. The molecule has 2 aromatic heterocycles. The Balaban J connectivity index is 0.00000289. The molecule has 0 radical (unpaired) electrons. The topological polar surface area (TPSA) is 46.4 Å². The van der Waals surface area contributed by atoms with Crippen LogP contribution in [0.1, 0.15) is 11.3 Å². The van der Waals surface area contributed by atoms with Crippen molar-refractivity contribution in [2.24, 2.45) is 0 Å². The molecule has 1 aliphatic rings. The summed E-state index contributed by atoms with van der Waals surface area (Å²) < 4.78 is 34.1. The summed E-state index contributed by atoms with van der Waals surface area (Å²) in [5.74, 6) is 0.242. The Morgan fingerprint density at radius 2 is 1.81 bits per heavy atom. The lowest BCUT2D eigenvalue weighted by Crippen LogP contribution is -2.46. The highest BCUT2D eigenvalue weighted by molar-refractivity contribution is 5.85. The second-order valence-electron chi connectivity index (χ2n) is 7.44. The van der Waals surface area contributed by atoms with Gasteiger partial charge in [-0.2, -0.15) is 5.10 Å². The highest BCUT2D eigenvalue weighted by Crippen LogP contribution is 2.22. The van der Waals surface area contributed by atoms with E-state index in [1.807, 2.05) is 30.2 Å². The summed E-state index contributed by atoms with van der Waals surface area (Å²) in [7, 11) is 1.62. The number of hydrogen-bond acceptors (Lipinski definition) is 5. The van der Waals surface area contributed by atoms with Crippen molar-refractivity contribution in [3.05, 3.63) is 71.7 Å². The number of ether oxygens (including phenoxy) is 1. The van der Waals surface area contributed by atoms with Crippen LogP contribution in [0.15, 0.2) is 48.8 Å². The molecule has 32 heavy (non-hydrogen) atoms. The number of anilines is 1. The Morgan fingerprint density at radius 1 is 1.09 bits per heavy atom. The van der Waals surface area contributed by atoms with Gasteiger partial charge in [-0.3, -0.25) is 4.90 Å². The fourth-order valence-corrected chi connectivity index (χ4v) is 3.74. The first-order valence-corrected chi connectivity index (χ1v) is 10.2. The zero-order valence-electron chi connectivity index (χ0n) is 18.0. The average Bonchev–Trinajstić information content (AvgIpc) is 3.13. The Kier molecular flexibility index (Phi) is 7.82. The maximum atomic E-state index is 13.5. The molecule has 0 aliphatic carbocycles. The predicted molar refractivity (Wildman–Crippen MR) is 124 cm³/mol. The van der Waals surface area contributed by atoms with Crippen molar-refractivity contribution in [1.29, 1.82) is 0 Å². The van der Waals surface area contributed by atoms with E-state index in [9.17, 15) is 8.78 Å². The van der Waals surface area contributed by atoms with Gasteiger partial charge in [0.1, 0.15) is 11.6 Å². The third kappa shape index (κ3) is 5.26. The van der Waals surface area contributed by atoms with Crippen LogP contribution in [0.3, 0.4) is 0 Å². The molecule has 1 saturated heterocycles. The molecule has 1 fully saturated rings. The van der Waals surface area contributed by atoms with E-state index in [1.165, 1.54) is 12.1 Å². The van der Waals surface area contributed by atoms with Gasteiger partial charge in [0.15, 0.2) is 11.6 Å². The van der Waals surface area contributed by atoms with Crippen molar-refractivity contribution >= 4 is 24.2 Å². The van der Waals surface area contributed by atoms with Gasteiger partial charge < -0.3 is 9.64 Å². The van der Waals surface area contributed by atoms with Crippen LogP contribution >= 0.6 is 12.4 Å². The summed E-state index contributed by atoms with van der Waals surface area (Å²) in [6.07, 6.45) is 7.70. The maximum absolute atomic E-state index is 13.5. The minimum atomic E-state index is -0.542. The number of benzene rings is 1. The van der Waals surface area contributed by atoms with Crippen LogP contribution in [0.25, 0.3) is 11.9 Å². The van der Waals surface area contributed by atoms with E-state index < -0.39 is 11.6 Å². The number of methoxy groups -OCH3 is 1. The lowest BCUT2D eigenvalue weighted by molar-refractivity contribution is 0.284. The molecule has 0 saturated carbocycles. The molecule has 0 spiro atoms. The number of nitrogens with zero attached hydrogens (tertiary/aromatic N) is 5. The molecule has 170 valence electrons. The van der Waals surface area contributed by atoms with Crippen molar-refractivity contribution in [1.82, 2.24) is 19.7 Å². The Morgan fingerprint density at radius 3 is 2.50 bits per heavy atom. The Bertz CT molecular complexity index is 1060. The molecule has 1 aromatic carbocycles. The van der Waals surface area contributed by atoms with Gasteiger partial charge in [-0.25, -0.2) is 18.4 Å². The van der Waals surface area contributed by atoms with Gasteiger partial charge in [-0.05, 0) is 31.2 Å². The number of hydrogen-bond donors (Lipinski definition) is 0. The molecule has 3 aromatic rings. The van der Waals surface area contributed by atoms with Crippen LogP contribution in [0.4, 0.5) is 14.5 Å². The van der Waals surface area contributed by atoms with Crippen molar-refractivity contribution < 1.29 is 13.5 Å². The number of halogens is 3. The summed E-state index contributed by atoms with van der Waals surface area (Å²) >= 11 is 0. The lowest BCUT2D eigenvalue weighted by atomic mass is 10.2. The van der Waals surface area contributed by atoms with Crippen LogP contribution < -0.4 is 9.64 Å². The van der Waals surface area contributed by atoms with Crippen LogP contribution in [0.5, 0.6) is 5.75 Å². The molecule has 4 rings (SSSR count). The molecular formula is C23H26ClF2N5O. The molecular weight excluding hydrogens is 436 g/mol. The van der Waals surface area contributed by atoms with E-state index in [2.05, 4.69) is 27.1 Å². The number of rotatable bonds is 6. The van der Waals surface area contributed by atoms with Crippen molar-refractivity contribution in [3.8, 4) is 11.6 Å². The monoisotopic (exact) mass is 461 g/mol. The van der Waals surface area contributed by atoms with Gasteiger partial charge in [0, 0.05) is 56.2 Å². The van der Waals surface area contributed by atoms with Crippen LogP contribution in [-0.2, 0) is 0 Å². The molecule has 9 heteroatoms. The van der Waals surface area contributed by atoms with E-state index >= 15 is 0 Å². The number of aromatic nitrogens is 3. The summed E-state index contributed by atoms with van der Waals surface area (Å²) in [4.78, 5) is 8.71. The van der Waals surface area contributed by atoms with Crippen LogP contribution in [0, 0.1) is 18.6 Å². The van der Waals surface area contributed by atoms with Crippen molar-refractivity contribution in [3.63, 3.8) is 0 Å². The fourth-order valence-electron chi connectivity index (χ4n) is 3.74. The summed E-state index contributed by atoms with van der Waals surface area (Å²) in [6, 6.07) is 7.35. The fraction of sp³-hybridized carbons (Fsp3) is 0.304. The van der Waals surface area contributed by atoms with Gasteiger partial charge in [0.25, 0.3) is 0 Å². The second-order valence-corrected chi connectivity index (χ2v) is 7.44. The summed E-state index contributed by atoms with van der Waals surface area (Å²) in [5, 5.41) is 4.46. The third-order valence-electron chi connectivity index (χ3n) is 5.46. The third-order valence-corrected chi connectivity index (χ3v) is 5.46. The molecule has 0 N–H and O–H groups in total.